The fourth-order valence-corrected chi connectivity index (χ4v) is 1.21. The molecule has 0 aromatic carbocycles. The highest BCUT2D eigenvalue weighted by Crippen LogP contribution is 2.15. The van der Waals surface area contributed by atoms with Gasteiger partial charge in [0.2, 0.25) is 5.88 Å². The van der Waals surface area contributed by atoms with Crippen LogP contribution in [0, 0.1) is 11.8 Å². The first kappa shape index (κ1) is 12.2. The number of carbonyl (C=O) groups is 1. The number of anilines is 1. The Morgan fingerprint density at radius 2 is 2.44 bits per heavy atom. The van der Waals surface area contributed by atoms with E-state index in [2.05, 4.69) is 11.8 Å². The van der Waals surface area contributed by atoms with Crippen molar-refractivity contribution in [1.29, 1.82) is 0 Å². The van der Waals surface area contributed by atoms with Gasteiger partial charge in [0, 0.05) is 19.0 Å². The maximum Gasteiger partial charge on any atom is 0.416 e. The molecule has 1 heterocycles. The van der Waals surface area contributed by atoms with Crippen LogP contribution in [0.5, 0.6) is 0 Å². The number of nitrogens with zero attached hydrogens (tertiary/aromatic N) is 1. The molecular formula is C12H15NO3. The molecule has 0 saturated heterocycles. The molecule has 1 aromatic heterocycles. The lowest BCUT2D eigenvalue weighted by Gasteiger charge is -2.17. The number of hydrogen-bond acceptors (Lipinski definition) is 3. The van der Waals surface area contributed by atoms with Gasteiger partial charge in [0.1, 0.15) is 0 Å². The zero-order valence-corrected chi connectivity index (χ0v) is 9.53. The van der Waals surface area contributed by atoms with E-state index < -0.39 is 6.09 Å². The standard InChI is InChI=1S/C12H15NO3/c1-3-5-6-9-13(12(14)15-4-2)11-8-7-10-16-11/h7-8,10H,4,6,9H2,1-2H3. The summed E-state index contributed by atoms with van der Waals surface area (Å²) in [5.41, 5.74) is 0. The Morgan fingerprint density at radius 1 is 1.62 bits per heavy atom. The van der Waals surface area contributed by atoms with Crippen molar-refractivity contribution >= 4 is 12.0 Å². The Labute approximate surface area is 95.2 Å². The SMILES string of the molecule is CC#CCCN(C(=O)OCC)c1ccco1. The van der Waals surface area contributed by atoms with E-state index in [1.165, 1.54) is 11.2 Å². The smallest absolute Gasteiger partial charge is 0.416 e. The van der Waals surface area contributed by atoms with Crippen LogP contribution in [0.25, 0.3) is 0 Å². The number of ether oxygens (including phenoxy) is 1. The summed E-state index contributed by atoms with van der Waals surface area (Å²) in [4.78, 5) is 13.1. The van der Waals surface area contributed by atoms with Crippen LogP contribution in [-0.2, 0) is 4.74 Å². The molecule has 0 saturated carbocycles. The van der Waals surface area contributed by atoms with Crippen molar-refractivity contribution in [2.75, 3.05) is 18.1 Å². The van der Waals surface area contributed by atoms with E-state index in [1.54, 1.807) is 26.0 Å². The summed E-state index contributed by atoms with van der Waals surface area (Å²) in [7, 11) is 0. The molecule has 0 aliphatic carbocycles. The normalized spacial score (nSPS) is 9.12. The Hall–Kier alpha value is -1.89. The quantitative estimate of drug-likeness (QED) is 0.734. The molecular weight excluding hydrogens is 206 g/mol. The number of rotatable bonds is 4. The van der Waals surface area contributed by atoms with Crippen molar-refractivity contribution < 1.29 is 13.9 Å². The Morgan fingerprint density at radius 3 is 3.00 bits per heavy atom. The predicted octanol–water partition coefficient (Wildman–Crippen LogP) is 2.66. The average Bonchev–Trinajstić information content (AvgIpc) is 2.78. The van der Waals surface area contributed by atoms with Gasteiger partial charge in [0.15, 0.2) is 0 Å². The first-order valence-corrected chi connectivity index (χ1v) is 5.17. The highest BCUT2D eigenvalue weighted by molar-refractivity contribution is 5.85. The summed E-state index contributed by atoms with van der Waals surface area (Å²) in [6.45, 7) is 4.34. The van der Waals surface area contributed by atoms with Gasteiger partial charge in [-0.05, 0) is 19.9 Å². The van der Waals surface area contributed by atoms with E-state index in [1.807, 2.05) is 0 Å². The van der Waals surface area contributed by atoms with Crippen molar-refractivity contribution in [2.24, 2.45) is 0 Å². The van der Waals surface area contributed by atoms with Crippen LogP contribution in [-0.4, -0.2) is 19.2 Å². The minimum Gasteiger partial charge on any atom is -0.449 e. The second-order valence-corrected chi connectivity index (χ2v) is 2.98. The molecule has 1 rings (SSSR count). The summed E-state index contributed by atoms with van der Waals surface area (Å²) < 4.78 is 10.1. The number of carbonyl (C=O) groups excluding carboxylic acids is 1. The highest BCUT2D eigenvalue weighted by Gasteiger charge is 2.18. The monoisotopic (exact) mass is 221 g/mol. The minimum absolute atomic E-state index is 0.343. The fourth-order valence-electron chi connectivity index (χ4n) is 1.21. The van der Waals surface area contributed by atoms with Gasteiger partial charge in [-0.25, -0.2) is 9.69 Å². The van der Waals surface area contributed by atoms with Crippen molar-refractivity contribution in [3.05, 3.63) is 18.4 Å². The van der Waals surface area contributed by atoms with Gasteiger partial charge in [0.25, 0.3) is 0 Å². The summed E-state index contributed by atoms with van der Waals surface area (Å²) in [5.74, 6) is 6.16. The maximum atomic E-state index is 11.6. The van der Waals surface area contributed by atoms with Gasteiger partial charge < -0.3 is 9.15 Å². The zero-order chi connectivity index (χ0) is 11.8. The van der Waals surface area contributed by atoms with E-state index in [0.29, 0.717) is 25.5 Å². The lowest BCUT2D eigenvalue weighted by molar-refractivity contribution is 0.158. The number of amides is 1. The molecule has 4 heteroatoms. The molecule has 0 spiro atoms. The van der Waals surface area contributed by atoms with E-state index in [9.17, 15) is 4.79 Å². The third-order valence-electron chi connectivity index (χ3n) is 1.90. The van der Waals surface area contributed by atoms with Crippen molar-refractivity contribution in [3.8, 4) is 11.8 Å². The predicted molar refractivity (Wildman–Crippen MR) is 61.1 cm³/mol. The van der Waals surface area contributed by atoms with Gasteiger partial charge in [-0.1, -0.05) is 0 Å². The molecule has 0 radical (unpaired) electrons. The molecule has 0 aliphatic rings. The third kappa shape index (κ3) is 3.35. The maximum absolute atomic E-state index is 11.6. The number of furan rings is 1. The Bertz CT molecular complexity index is 373. The molecule has 0 unspecified atom stereocenters. The molecule has 0 atom stereocenters. The fraction of sp³-hybridized carbons (Fsp3) is 0.417. The van der Waals surface area contributed by atoms with Crippen LogP contribution in [0.3, 0.4) is 0 Å². The molecule has 1 amide bonds. The van der Waals surface area contributed by atoms with Crippen LogP contribution in [0.1, 0.15) is 20.3 Å². The molecule has 0 fully saturated rings. The first-order valence-electron chi connectivity index (χ1n) is 5.17. The molecule has 16 heavy (non-hydrogen) atoms. The molecule has 4 nitrogen and oxygen atoms in total. The first-order chi connectivity index (χ1) is 7.79. The van der Waals surface area contributed by atoms with Crippen LogP contribution < -0.4 is 4.90 Å². The summed E-state index contributed by atoms with van der Waals surface area (Å²) in [5, 5.41) is 0. The lowest BCUT2D eigenvalue weighted by Crippen LogP contribution is -2.32. The van der Waals surface area contributed by atoms with Crippen LogP contribution in [0.2, 0.25) is 0 Å². The van der Waals surface area contributed by atoms with E-state index in [-0.39, 0.29) is 0 Å². The van der Waals surface area contributed by atoms with Crippen LogP contribution >= 0.6 is 0 Å². The second-order valence-electron chi connectivity index (χ2n) is 2.98. The molecule has 0 N–H and O–H groups in total. The zero-order valence-electron chi connectivity index (χ0n) is 9.53. The largest absolute Gasteiger partial charge is 0.449 e. The van der Waals surface area contributed by atoms with E-state index in [0.717, 1.165) is 0 Å². The van der Waals surface area contributed by atoms with Crippen molar-refractivity contribution in [3.63, 3.8) is 0 Å². The van der Waals surface area contributed by atoms with Gasteiger partial charge in [-0.3, -0.25) is 0 Å². The Balaban J connectivity index is 2.68. The number of hydrogen-bond donors (Lipinski definition) is 0. The van der Waals surface area contributed by atoms with Gasteiger partial charge in [-0.15, -0.1) is 11.8 Å². The summed E-state index contributed by atoms with van der Waals surface area (Å²) >= 11 is 0. The molecule has 86 valence electrons. The molecule has 1 aromatic rings. The molecule has 0 bridgehead atoms. The lowest BCUT2D eigenvalue weighted by atomic mass is 10.4. The second kappa shape index (κ2) is 6.57. The summed E-state index contributed by atoms with van der Waals surface area (Å²) in [6.07, 6.45) is 1.71. The van der Waals surface area contributed by atoms with E-state index in [4.69, 9.17) is 9.15 Å². The molecule has 0 aliphatic heterocycles. The topological polar surface area (TPSA) is 42.7 Å². The van der Waals surface area contributed by atoms with Crippen LogP contribution in [0.4, 0.5) is 10.7 Å². The highest BCUT2D eigenvalue weighted by atomic mass is 16.6. The third-order valence-corrected chi connectivity index (χ3v) is 1.90. The summed E-state index contributed by atoms with van der Waals surface area (Å²) in [6, 6.07) is 3.45. The Kier molecular flexibility index (Phi) is 5.00. The average molecular weight is 221 g/mol. The van der Waals surface area contributed by atoms with Crippen molar-refractivity contribution in [2.45, 2.75) is 20.3 Å². The van der Waals surface area contributed by atoms with Gasteiger partial charge >= 0.3 is 6.09 Å². The van der Waals surface area contributed by atoms with Gasteiger partial charge in [-0.2, -0.15) is 0 Å². The van der Waals surface area contributed by atoms with Crippen molar-refractivity contribution in [1.82, 2.24) is 0 Å². The van der Waals surface area contributed by atoms with Crippen LogP contribution in [0.15, 0.2) is 22.8 Å². The minimum atomic E-state index is -0.407. The van der Waals surface area contributed by atoms with Gasteiger partial charge in [0.05, 0.1) is 12.9 Å². The van der Waals surface area contributed by atoms with E-state index >= 15 is 0 Å².